The molecule has 1 N–H and O–H groups in total. The van der Waals surface area contributed by atoms with Crippen LogP contribution in [0.3, 0.4) is 0 Å². The topological polar surface area (TPSA) is 20.2 Å². The van der Waals surface area contributed by atoms with Gasteiger partial charge in [-0.2, -0.15) is 0 Å². The molecule has 0 spiro atoms. The van der Waals surface area contributed by atoms with Gasteiger partial charge < -0.3 is 5.11 Å². The fraction of sp³-hybridized carbons (Fsp3) is 0.200. The largest absolute Gasteiger partial charge is 0.507 e. The Hall–Kier alpha value is -0.470. The molecule has 0 aliphatic carbocycles. The predicted molar refractivity (Wildman–Crippen MR) is 60.7 cm³/mol. The summed E-state index contributed by atoms with van der Waals surface area (Å²) in [5, 5.41) is 11.0. The minimum Gasteiger partial charge on any atom is -0.507 e. The molecule has 1 aromatic rings. The second kappa shape index (κ2) is 4.68. The van der Waals surface area contributed by atoms with Crippen molar-refractivity contribution in [2.24, 2.45) is 0 Å². The Bertz CT molecular complexity index is 334. The zero-order chi connectivity index (χ0) is 9.84. The Morgan fingerprint density at radius 1 is 1.54 bits per heavy atom. The maximum absolute atomic E-state index is 9.62. The van der Waals surface area contributed by atoms with E-state index in [4.69, 9.17) is 11.6 Å². The van der Waals surface area contributed by atoms with E-state index in [9.17, 15) is 5.11 Å². The molecular formula is C10H10BrClO. The van der Waals surface area contributed by atoms with E-state index in [2.05, 4.69) is 15.9 Å². The lowest BCUT2D eigenvalue weighted by atomic mass is 10.1. The van der Waals surface area contributed by atoms with Crippen molar-refractivity contribution >= 4 is 33.6 Å². The van der Waals surface area contributed by atoms with E-state index >= 15 is 0 Å². The standard InChI is InChI=1S/C10H10BrClO/c1-7-5-9(12)6-8(10(7)13)3-2-4-11/h2-3,5-6,13H,4H2,1H3. The maximum Gasteiger partial charge on any atom is 0.125 e. The molecule has 13 heavy (non-hydrogen) atoms. The van der Waals surface area contributed by atoms with Crippen molar-refractivity contribution in [3.63, 3.8) is 0 Å². The first kappa shape index (κ1) is 10.6. The van der Waals surface area contributed by atoms with Gasteiger partial charge in [0.05, 0.1) is 0 Å². The Labute approximate surface area is 91.2 Å². The molecule has 3 heteroatoms. The summed E-state index contributed by atoms with van der Waals surface area (Å²) in [5.41, 5.74) is 1.55. The van der Waals surface area contributed by atoms with Crippen LogP contribution in [0.15, 0.2) is 18.2 Å². The number of benzene rings is 1. The van der Waals surface area contributed by atoms with Crippen LogP contribution in [-0.4, -0.2) is 10.4 Å². The van der Waals surface area contributed by atoms with Crippen LogP contribution in [0, 0.1) is 6.92 Å². The second-order valence-electron chi connectivity index (χ2n) is 2.72. The molecule has 0 saturated heterocycles. The first-order valence-electron chi connectivity index (χ1n) is 3.86. The molecule has 0 radical (unpaired) electrons. The predicted octanol–water partition coefficient (Wildman–Crippen LogP) is 3.76. The number of phenols is 1. The van der Waals surface area contributed by atoms with E-state index in [1.165, 1.54) is 0 Å². The van der Waals surface area contributed by atoms with Crippen molar-refractivity contribution in [2.75, 3.05) is 5.33 Å². The van der Waals surface area contributed by atoms with Crippen molar-refractivity contribution in [1.29, 1.82) is 0 Å². The van der Waals surface area contributed by atoms with Crippen molar-refractivity contribution in [3.8, 4) is 5.75 Å². The fourth-order valence-corrected chi connectivity index (χ4v) is 1.53. The zero-order valence-corrected chi connectivity index (χ0v) is 9.56. The van der Waals surface area contributed by atoms with Crippen LogP contribution in [0.5, 0.6) is 5.75 Å². The van der Waals surface area contributed by atoms with Crippen LogP contribution in [0.2, 0.25) is 5.02 Å². The average molecular weight is 262 g/mol. The first-order valence-corrected chi connectivity index (χ1v) is 5.36. The third-order valence-corrected chi connectivity index (χ3v) is 2.27. The molecule has 0 fully saturated rings. The van der Waals surface area contributed by atoms with Gasteiger partial charge in [-0.25, -0.2) is 0 Å². The molecular weight excluding hydrogens is 251 g/mol. The molecule has 0 unspecified atom stereocenters. The minimum absolute atomic E-state index is 0.293. The SMILES string of the molecule is Cc1cc(Cl)cc(C=CCBr)c1O. The molecule has 0 aromatic heterocycles. The maximum atomic E-state index is 9.62. The number of hydrogen-bond acceptors (Lipinski definition) is 1. The Balaban J connectivity index is 3.12. The number of alkyl halides is 1. The highest BCUT2D eigenvalue weighted by molar-refractivity contribution is 9.09. The summed E-state index contributed by atoms with van der Waals surface area (Å²) < 4.78 is 0. The molecule has 1 nitrogen and oxygen atoms in total. The van der Waals surface area contributed by atoms with Gasteiger partial charge in [-0.1, -0.05) is 39.7 Å². The number of hydrogen-bond donors (Lipinski definition) is 1. The third kappa shape index (κ3) is 2.75. The molecule has 1 aromatic carbocycles. The van der Waals surface area contributed by atoms with Crippen LogP contribution in [0.4, 0.5) is 0 Å². The van der Waals surface area contributed by atoms with Gasteiger partial charge in [-0.05, 0) is 24.6 Å². The number of phenolic OH excluding ortho intramolecular Hbond substituents is 1. The van der Waals surface area contributed by atoms with E-state index in [0.29, 0.717) is 10.8 Å². The van der Waals surface area contributed by atoms with E-state index in [-0.39, 0.29) is 0 Å². The quantitative estimate of drug-likeness (QED) is 0.804. The number of aryl methyl sites for hydroxylation is 1. The highest BCUT2D eigenvalue weighted by atomic mass is 79.9. The smallest absolute Gasteiger partial charge is 0.125 e. The lowest BCUT2D eigenvalue weighted by Gasteiger charge is -2.03. The van der Waals surface area contributed by atoms with Gasteiger partial charge in [-0.3, -0.25) is 0 Å². The second-order valence-corrected chi connectivity index (χ2v) is 3.80. The Morgan fingerprint density at radius 2 is 2.23 bits per heavy atom. The molecule has 0 atom stereocenters. The van der Waals surface area contributed by atoms with Gasteiger partial charge in [0.1, 0.15) is 5.75 Å². The normalized spacial score (nSPS) is 11.0. The lowest BCUT2D eigenvalue weighted by molar-refractivity contribution is 0.470. The van der Waals surface area contributed by atoms with Crippen molar-refractivity contribution in [3.05, 3.63) is 34.4 Å². The Morgan fingerprint density at radius 3 is 2.85 bits per heavy atom. The third-order valence-electron chi connectivity index (χ3n) is 1.68. The molecule has 1 rings (SSSR count). The summed E-state index contributed by atoms with van der Waals surface area (Å²) in [4.78, 5) is 0. The lowest BCUT2D eigenvalue weighted by Crippen LogP contribution is -1.80. The highest BCUT2D eigenvalue weighted by Gasteiger charge is 2.02. The zero-order valence-electron chi connectivity index (χ0n) is 7.22. The molecule has 0 amide bonds. The number of allylic oxidation sites excluding steroid dienone is 1. The molecule has 70 valence electrons. The van der Waals surface area contributed by atoms with Crippen LogP contribution in [0.1, 0.15) is 11.1 Å². The summed E-state index contributed by atoms with van der Waals surface area (Å²) >= 11 is 9.11. The molecule has 0 aliphatic heterocycles. The summed E-state index contributed by atoms with van der Waals surface area (Å²) in [6.45, 7) is 1.83. The highest BCUT2D eigenvalue weighted by Crippen LogP contribution is 2.27. The van der Waals surface area contributed by atoms with Crippen LogP contribution in [-0.2, 0) is 0 Å². The van der Waals surface area contributed by atoms with Gasteiger partial charge in [0.25, 0.3) is 0 Å². The number of aromatic hydroxyl groups is 1. The van der Waals surface area contributed by atoms with E-state index < -0.39 is 0 Å². The van der Waals surface area contributed by atoms with Crippen molar-refractivity contribution in [2.45, 2.75) is 6.92 Å². The minimum atomic E-state index is 0.293. The summed E-state index contributed by atoms with van der Waals surface area (Å²) in [7, 11) is 0. The first-order chi connectivity index (χ1) is 6.15. The average Bonchev–Trinajstić information content (AvgIpc) is 2.09. The molecule has 0 heterocycles. The number of rotatable bonds is 2. The number of halogens is 2. The van der Waals surface area contributed by atoms with Crippen molar-refractivity contribution < 1.29 is 5.11 Å². The van der Waals surface area contributed by atoms with Crippen LogP contribution >= 0.6 is 27.5 Å². The molecule has 0 saturated carbocycles. The molecule has 0 bridgehead atoms. The van der Waals surface area contributed by atoms with Gasteiger partial charge in [0.15, 0.2) is 0 Å². The summed E-state index contributed by atoms with van der Waals surface area (Å²) in [5.74, 6) is 0.293. The van der Waals surface area contributed by atoms with Gasteiger partial charge in [0.2, 0.25) is 0 Å². The van der Waals surface area contributed by atoms with Gasteiger partial charge >= 0.3 is 0 Å². The van der Waals surface area contributed by atoms with E-state index in [1.54, 1.807) is 12.1 Å². The monoisotopic (exact) mass is 260 g/mol. The van der Waals surface area contributed by atoms with Crippen LogP contribution < -0.4 is 0 Å². The van der Waals surface area contributed by atoms with Gasteiger partial charge in [-0.15, -0.1) is 0 Å². The fourth-order valence-electron chi connectivity index (χ4n) is 1.06. The Kier molecular flexibility index (Phi) is 3.82. The van der Waals surface area contributed by atoms with Crippen molar-refractivity contribution in [1.82, 2.24) is 0 Å². The van der Waals surface area contributed by atoms with Crippen LogP contribution in [0.25, 0.3) is 6.08 Å². The molecule has 0 aliphatic rings. The summed E-state index contributed by atoms with van der Waals surface area (Å²) in [6, 6.07) is 3.48. The summed E-state index contributed by atoms with van der Waals surface area (Å²) in [6.07, 6.45) is 3.74. The van der Waals surface area contributed by atoms with E-state index in [0.717, 1.165) is 16.5 Å². The van der Waals surface area contributed by atoms with E-state index in [1.807, 2.05) is 19.1 Å². The van der Waals surface area contributed by atoms with Gasteiger partial charge in [0, 0.05) is 15.9 Å².